The van der Waals surface area contributed by atoms with Crippen LogP contribution in [0.5, 0.6) is 0 Å². The quantitative estimate of drug-likeness (QED) is 0.734. The lowest BCUT2D eigenvalue weighted by Crippen LogP contribution is -2.29. The second-order valence-corrected chi connectivity index (χ2v) is 6.12. The third kappa shape index (κ3) is 3.65. The molecule has 2 fully saturated rings. The van der Waals surface area contributed by atoms with Crippen molar-refractivity contribution >= 4 is 17.7 Å². The second kappa shape index (κ2) is 6.48. The van der Waals surface area contributed by atoms with Crippen LogP contribution in [0.15, 0.2) is 6.20 Å². The molecule has 1 aliphatic heterocycles. The molecule has 0 bridgehead atoms. The molecular formula is C15H23N5O2. The molecule has 1 atom stereocenters. The van der Waals surface area contributed by atoms with Crippen molar-refractivity contribution in [3.8, 4) is 0 Å². The Bertz CT molecular complexity index is 541. The summed E-state index contributed by atoms with van der Waals surface area (Å²) in [6, 6.07) is 0.589. The number of anilines is 2. The zero-order chi connectivity index (χ0) is 15.5. The van der Waals surface area contributed by atoms with Gasteiger partial charge < -0.3 is 21.1 Å². The summed E-state index contributed by atoms with van der Waals surface area (Å²) in [7, 11) is 0. The summed E-state index contributed by atoms with van der Waals surface area (Å²) in [5.41, 5.74) is 5.76. The third-order valence-corrected chi connectivity index (χ3v) is 4.30. The minimum Gasteiger partial charge on any atom is -0.381 e. The number of hydrogen-bond acceptors (Lipinski definition) is 6. The molecule has 0 radical (unpaired) electrons. The maximum atomic E-state index is 11.6. The van der Waals surface area contributed by atoms with Gasteiger partial charge in [0.15, 0.2) is 0 Å². The Kier molecular flexibility index (Phi) is 4.42. The van der Waals surface area contributed by atoms with E-state index in [0.29, 0.717) is 29.3 Å². The van der Waals surface area contributed by atoms with E-state index in [1.165, 1.54) is 19.0 Å². The van der Waals surface area contributed by atoms with Crippen LogP contribution in [-0.2, 0) is 4.74 Å². The molecule has 1 unspecified atom stereocenters. The van der Waals surface area contributed by atoms with Gasteiger partial charge in [0.25, 0.3) is 5.91 Å². The Morgan fingerprint density at radius 3 is 2.73 bits per heavy atom. The monoisotopic (exact) mass is 305 g/mol. The van der Waals surface area contributed by atoms with Gasteiger partial charge in [-0.25, -0.2) is 4.98 Å². The number of nitrogens with one attached hydrogen (secondary N) is 2. The normalized spacial score (nSPS) is 20.4. The molecule has 1 saturated carbocycles. The first-order valence-electron chi connectivity index (χ1n) is 7.91. The number of nitrogens with two attached hydrogens (primary N) is 1. The van der Waals surface area contributed by atoms with Gasteiger partial charge in [-0.2, -0.15) is 4.98 Å². The van der Waals surface area contributed by atoms with Crippen LogP contribution in [-0.4, -0.2) is 41.2 Å². The van der Waals surface area contributed by atoms with Gasteiger partial charge in [0.1, 0.15) is 5.82 Å². The summed E-state index contributed by atoms with van der Waals surface area (Å²) in [6.07, 6.45) is 5.81. The van der Waals surface area contributed by atoms with Gasteiger partial charge in [0, 0.05) is 31.5 Å². The van der Waals surface area contributed by atoms with Crippen molar-refractivity contribution in [1.29, 1.82) is 0 Å². The average molecular weight is 305 g/mol. The van der Waals surface area contributed by atoms with Crippen molar-refractivity contribution in [2.24, 2.45) is 11.7 Å². The summed E-state index contributed by atoms with van der Waals surface area (Å²) in [5.74, 6) is 1.20. The Hall–Kier alpha value is -1.89. The summed E-state index contributed by atoms with van der Waals surface area (Å²) in [6.45, 7) is 3.61. The fourth-order valence-corrected chi connectivity index (χ4v) is 2.70. The molecule has 2 aliphatic rings. The molecule has 0 spiro atoms. The van der Waals surface area contributed by atoms with Gasteiger partial charge in [-0.05, 0) is 38.5 Å². The van der Waals surface area contributed by atoms with E-state index in [2.05, 4.69) is 27.5 Å². The predicted molar refractivity (Wildman–Crippen MR) is 83.8 cm³/mol. The molecule has 3 rings (SSSR count). The average Bonchev–Trinajstić information content (AvgIpc) is 3.33. The summed E-state index contributed by atoms with van der Waals surface area (Å²) >= 11 is 0. The molecule has 0 aromatic carbocycles. The molecule has 4 N–H and O–H groups in total. The van der Waals surface area contributed by atoms with E-state index >= 15 is 0 Å². The fraction of sp³-hybridized carbons (Fsp3) is 0.667. The molecule has 7 nitrogen and oxygen atoms in total. The van der Waals surface area contributed by atoms with Crippen molar-refractivity contribution < 1.29 is 9.53 Å². The molecule has 22 heavy (non-hydrogen) atoms. The van der Waals surface area contributed by atoms with Crippen LogP contribution in [0.3, 0.4) is 0 Å². The minimum absolute atomic E-state index is 0.281. The smallest absolute Gasteiger partial charge is 0.254 e. The Morgan fingerprint density at radius 2 is 2.09 bits per heavy atom. The number of rotatable bonds is 6. The highest BCUT2D eigenvalue weighted by atomic mass is 16.5. The summed E-state index contributed by atoms with van der Waals surface area (Å²) < 4.78 is 5.34. The first kappa shape index (κ1) is 15.0. The second-order valence-electron chi connectivity index (χ2n) is 6.12. The number of hydrogen-bond donors (Lipinski definition) is 3. The topological polar surface area (TPSA) is 102 Å². The molecule has 120 valence electrons. The Morgan fingerprint density at radius 1 is 1.36 bits per heavy atom. The number of nitrogens with zero attached hydrogens (tertiary/aromatic N) is 2. The van der Waals surface area contributed by atoms with Crippen molar-refractivity contribution in [1.82, 2.24) is 9.97 Å². The van der Waals surface area contributed by atoms with E-state index < -0.39 is 5.91 Å². The molecule has 1 saturated heterocycles. The number of carbonyl (C=O) groups is 1. The van der Waals surface area contributed by atoms with Crippen LogP contribution in [0.2, 0.25) is 0 Å². The van der Waals surface area contributed by atoms with Crippen LogP contribution in [0.4, 0.5) is 11.8 Å². The Balaban J connectivity index is 1.74. The highest BCUT2D eigenvalue weighted by molar-refractivity contribution is 5.97. The number of ether oxygens (including phenoxy) is 1. The van der Waals surface area contributed by atoms with E-state index in [9.17, 15) is 4.79 Å². The lowest BCUT2D eigenvalue weighted by atomic mass is 10.1. The molecule has 1 aromatic heterocycles. The molecule has 1 aromatic rings. The maximum Gasteiger partial charge on any atom is 0.254 e. The van der Waals surface area contributed by atoms with E-state index in [1.54, 1.807) is 0 Å². The lowest BCUT2D eigenvalue weighted by molar-refractivity contribution is 0.0903. The van der Waals surface area contributed by atoms with Gasteiger partial charge in [0.05, 0.1) is 5.56 Å². The van der Waals surface area contributed by atoms with Crippen LogP contribution < -0.4 is 16.4 Å². The van der Waals surface area contributed by atoms with Gasteiger partial charge >= 0.3 is 0 Å². The highest BCUT2D eigenvalue weighted by Gasteiger charge is 2.29. The van der Waals surface area contributed by atoms with Crippen molar-refractivity contribution in [2.75, 3.05) is 23.8 Å². The minimum atomic E-state index is -0.511. The number of carbonyl (C=O) groups excluding carboxylic acids is 1. The SMILES string of the molecule is CC(Nc1nc(NC2CCOCC2)ncc1C(N)=O)C1CC1. The number of primary amides is 1. The lowest BCUT2D eigenvalue weighted by Gasteiger charge is -2.23. The first-order chi connectivity index (χ1) is 10.6. The van der Waals surface area contributed by atoms with Crippen LogP contribution in [0, 0.1) is 5.92 Å². The van der Waals surface area contributed by atoms with E-state index in [0.717, 1.165) is 26.1 Å². The third-order valence-electron chi connectivity index (χ3n) is 4.30. The van der Waals surface area contributed by atoms with Crippen molar-refractivity contribution in [3.05, 3.63) is 11.8 Å². The van der Waals surface area contributed by atoms with Crippen molar-refractivity contribution in [2.45, 2.75) is 44.7 Å². The molecule has 7 heteroatoms. The van der Waals surface area contributed by atoms with Crippen LogP contribution in [0.1, 0.15) is 43.0 Å². The number of aromatic nitrogens is 2. The van der Waals surface area contributed by atoms with Crippen LogP contribution >= 0.6 is 0 Å². The summed E-state index contributed by atoms with van der Waals surface area (Å²) in [5, 5.41) is 6.63. The van der Waals surface area contributed by atoms with E-state index in [4.69, 9.17) is 10.5 Å². The van der Waals surface area contributed by atoms with Crippen LogP contribution in [0.25, 0.3) is 0 Å². The molecule has 1 amide bonds. The zero-order valence-corrected chi connectivity index (χ0v) is 12.8. The van der Waals surface area contributed by atoms with Crippen molar-refractivity contribution in [3.63, 3.8) is 0 Å². The molecule has 1 aliphatic carbocycles. The fourth-order valence-electron chi connectivity index (χ4n) is 2.70. The standard InChI is InChI=1S/C15H23N5O2/c1-9(10-2-3-10)18-14-12(13(16)21)8-17-15(20-14)19-11-4-6-22-7-5-11/h8-11H,2-7H2,1H3,(H2,16,21)(H2,17,18,19,20). The van der Waals surface area contributed by atoms with Gasteiger partial charge in [-0.3, -0.25) is 4.79 Å². The summed E-state index contributed by atoms with van der Waals surface area (Å²) in [4.78, 5) is 20.2. The first-order valence-corrected chi connectivity index (χ1v) is 7.91. The largest absolute Gasteiger partial charge is 0.381 e. The molecule has 2 heterocycles. The predicted octanol–water partition coefficient (Wildman–Crippen LogP) is 1.38. The van der Waals surface area contributed by atoms with E-state index in [1.807, 2.05) is 0 Å². The highest BCUT2D eigenvalue weighted by Crippen LogP contribution is 2.34. The van der Waals surface area contributed by atoms with Gasteiger partial charge in [0.2, 0.25) is 5.95 Å². The van der Waals surface area contributed by atoms with Gasteiger partial charge in [-0.1, -0.05) is 0 Å². The van der Waals surface area contributed by atoms with Gasteiger partial charge in [-0.15, -0.1) is 0 Å². The Labute approximate surface area is 130 Å². The molecular weight excluding hydrogens is 282 g/mol. The zero-order valence-electron chi connectivity index (χ0n) is 12.8. The number of amides is 1. The van der Waals surface area contributed by atoms with E-state index in [-0.39, 0.29) is 6.04 Å². The maximum absolute atomic E-state index is 11.6.